The lowest BCUT2D eigenvalue weighted by Gasteiger charge is -2.34. The van der Waals surface area contributed by atoms with Crippen molar-refractivity contribution in [3.05, 3.63) is 54.6 Å². The van der Waals surface area contributed by atoms with Crippen molar-refractivity contribution in [2.45, 2.75) is 57.6 Å². The number of ether oxygens (including phenoxy) is 1. The van der Waals surface area contributed by atoms with Crippen LogP contribution in [-0.4, -0.2) is 37.8 Å². The molecule has 0 heterocycles. The average molecular weight is 459 g/mol. The molecule has 8 heteroatoms. The number of anilines is 1. The molecule has 2 aromatic rings. The van der Waals surface area contributed by atoms with E-state index in [-0.39, 0.29) is 5.69 Å². The maximum absolute atomic E-state index is 13.6. The van der Waals surface area contributed by atoms with Gasteiger partial charge in [0.2, 0.25) is 10.0 Å². The van der Waals surface area contributed by atoms with Crippen LogP contribution < -0.4 is 9.62 Å². The fourth-order valence-electron chi connectivity index (χ4n) is 3.94. The van der Waals surface area contributed by atoms with E-state index in [9.17, 15) is 18.0 Å². The smallest absolute Gasteiger partial charge is 0.408 e. The summed E-state index contributed by atoms with van der Waals surface area (Å²) in [7, 11) is -3.95. The first-order chi connectivity index (χ1) is 14.9. The zero-order chi connectivity index (χ0) is 23.6. The molecule has 0 aliphatic heterocycles. The van der Waals surface area contributed by atoms with Gasteiger partial charge in [0.15, 0.2) is 0 Å². The minimum absolute atomic E-state index is 0.231. The van der Waals surface area contributed by atoms with Crippen LogP contribution in [0.15, 0.2) is 54.6 Å². The summed E-state index contributed by atoms with van der Waals surface area (Å²) in [5.41, 5.74) is 0.0440. The number of rotatable bonds is 5. The summed E-state index contributed by atoms with van der Waals surface area (Å²) in [6.45, 7) is 5.19. The second-order valence-corrected chi connectivity index (χ2v) is 11.0. The Morgan fingerprint density at radius 3 is 1.97 bits per heavy atom. The maximum Gasteiger partial charge on any atom is 0.408 e. The van der Waals surface area contributed by atoms with Gasteiger partial charge in [-0.3, -0.25) is 4.79 Å². The normalized spacial score (nSPS) is 15.8. The lowest BCUT2D eigenvalue weighted by Crippen LogP contribution is -2.60. The summed E-state index contributed by atoms with van der Waals surface area (Å²) in [5.74, 6) is -0.671. The molecule has 32 heavy (non-hydrogen) atoms. The van der Waals surface area contributed by atoms with E-state index in [1.165, 1.54) is 0 Å². The van der Waals surface area contributed by atoms with Crippen molar-refractivity contribution in [1.29, 1.82) is 0 Å². The lowest BCUT2D eigenvalue weighted by atomic mass is 9.96. The van der Waals surface area contributed by atoms with Crippen LogP contribution in [0.5, 0.6) is 0 Å². The highest BCUT2D eigenvalue weighted by Crippen LogP contribution is 2.35. The van der Waals surface area contributed by atoms with Crippen LogP contribution in [0.25, 0.3) is 11.1 Å². The Morgan fingerprint density at radius 2 is 1.47 bits per heavy atom. The number of nitrogens with zero attached hydrogens (tertiary/aromatic N) is 1. The zero-order valence-corrected chi connectivity index (χ0v) is 19.7. The molecule has 0 aromatic heterocycles. The topological polar surface area (TPSA) is 92.8 Å². The summed E-state index contributed by atoms with van der Waals surface area (Å²) < 4.78 is 31.5. The third-order valence-corrected chi connectivity index (χ3v) is 6.37. The number of hydrogen-bond acceptors (Lipinski definition) is 5. The number of carbonyl (C=O) groups is 2. The predicted octanol–water partition coefficient (Wildman–Crippen LogP) is 4.48. The number of amides is 2. The molecule has 2 aromatic carbocycles. The standard InChI is InChI=1S/C24H30N2O5S/c1-23(2,3)31-22(28)25-24(16-8-9-17-24)21(27)26(32(4,29)30)20-14-12-19(13-15-20)18-10-6-5-7-11-18/h5-7,10-15H,8-9,16-17H2,1-4H3,(H,25,28). The molecule has 2 amide bonds. The highest BCUT2D eigenvalue weighted by molar-refractivity contribution is 7.92. The van der Waals surface area contributed by atoms with Crippen LogP contribution in [0.1, 0.15) is 46.5 Å². The van der Waals surface area contributed by atoms with Gasteiger partial charge in [-0.2, -0.15) is 0 Å². The summed E-state index contributed by atoms with van der Waals surface area (Å²) >= 11 is 0. The van der Waals surface area contributed by atoms with Crippen LogP contribution in [0.2, 0.25) is 0 Å². The number of hydrogen-bond donors (Lipinski definition) is 1. The van der Waals surface area contributed by atoms with Gasteiger partial charge >= 0.3 is 6.09 Å². The van der Waals surface area contributed by atoms with Crippen molar-refractivity contribution < 1.29 is 22.7 Å². The molecule has 1 saturated carbocycles. The monoisotopic (exact) mass is 458 g/mol. The number of carbonyl (C=O) groups excluding carboxylic acids is 2. The highest BCUT2D eigenvalue weighted by Gasteiger charge is 2.48. The molecule has 0 atom stereocenters. The molecule has 1 aliphatic carbocycles. The second-order valence-electron chi connectivity index (χ2n) is 9.16. The Kier molecular flexibility index (Phi) is 6.64. The molecule has 0 radical (unpaired) electrons. The van der Waals surface area contributed by atoms with E-state index in [1.54, 1.807) is 45.0 Å². The minimum atomic E-state index is -3.95. The minimum Gasteiger partial charge on any atom is -0.444 e. The zero-order valence-electron chi connectivity index (χ0n) is 18.9. The number of alkyl carbamates (subject to hydrolysis) is 1. The molecule has 0 saturated heterocycles. The van der Waals surface area contributed by atoms with Crippen LogP contribution in [0.3, 0.4) is 0 Å². The van der Waals surface area contributed by atoms with E-state index in [0.717, 1.165) is 21.7 Å². The second kappa shape index (κ2) is 8.94. The van der Waals surface area contributed by atoms with E-state index < -0.39 is 33.2 Å². The molecule has 1 fully saturated rings. The Balaban J connectivity index is 1.94. The van der Waals surface area contributed by atoms with Crippen molar-refractivity contribution in [1.82, 2.24) is 5.32 Å². The quantitative estimate of drug-likeness (QED) is 0.713. The maximum atomic E-state index is 13.6. The van der Waals surface area contributed by atoms with Gasteiger partial charge in [-0.25, -0.2) is 17.5 Å². The van der Waals surface area contributed by atoms with Gasteiger partial charge in [0.25, 0.3) is 5.91 Å². The molecule has 1 N–H and O–H groups in total. The highest BCUT2D eigenvalue weighted by atomic mass is 32.2. The van der Waals surface area contributed by atoms with Crippen molar-refractivity contribution in [2.75, 3.05) is 10.6 Å². The molecule has 172 valence electrons. The van der Waals surface area contributed by atoms with Crippen molar-refractivity contribution >= 4 is 27.7 Å². The summed E-state index contributed by atoms with van der Waals surface area (Å²) in [5, 5.41) is 2.69. The van der Waals surface area contributed by atoms with Gasteiger partial charge in [0.1, 0.15) is 11.1 Å². The fraction of sp³-hybridized carbons (Fsp3) is 0.417. The average Bonchev–Trinajstić information content (AvgIpc) is 3.16. The molecule has 7 nitrogen and oxygen atoms in total. The van der Waals surface area contributed by atoms with Gasteiger partial charge in [-0.05, 0) is 56.9 Å². The van der Waals surface area contributed by atoms with Crippen LogP contribution in [-0.2, 0) is 19.6 Å². The molecule has 0 spiro atoms. The first-order valence-electron chi connectivity index (χ1n) is 10.6. The van der Waals surface area contributed by atoms with E-state index >= 15 is 0 Å². The number of nitrogens with one attached hydrogen (secondary N) is 1. The van der Waals surface area contributed by atoms with Crippen molar-refractivity contribution in [3.63, 3.8) is 0 Å². The van der Waals surface area contributed by atoms with Crippen LogP contribution >= 0.6 is 0 Å². The Morgan fingerprint density at radius 1 is 0.938 bits per heavy atom. The third kappa shape index (κ3) is 5.48. The summed E-state index contributed by atoms with van der Waals surface area (Å²) in [6.07, 6.45) is 2.35. The van der Waals surface area contributed by atoms with E-state index in [4.69, 9.17) is 4.74 Å². The molecule has 3 rings (SSSR count). The predicted molar refractivity (Wildman–Crippen MR) is 125 cm³/mol. The van der Waals surface area contributed by atoms with E-state index in [0.29, 0.717) is 25.7 Å². The van der Waals surface area contributed by atoms with E-state index in [2.05, 4.69) is 5.32 Å². The van der Waals surface area contributed by atoms with Crippen molar-refractivity contribution in [3.8, 4) is 11.1 Å². The lowest BCUT2D eigenvalue weighted by molar-refractivity contribution is -0.123. The van der Waals surface area contributed by atoms with Gasteiger partial charge in [0.05, 0.1) is 11.9 Å². The SMILES string of the molecule is CC(C)(C)OC(=O)NC1(C(=O)N(c2ccc(-c3ccccc3)cc2)S(C)(=O)=O)CCCC1. The van der Waals surface area contributed by atoms with Gasteiger partial charge < -0.3 is 10.1 Å². The molecule has 0 bridgehead atoms. The van der Waals surface area contributed by atoms with E-state index in [1.807, 2.05) is 30.3 Å². The van der Waals surface area contributed by atoms with Gasteiger partial charge in [0, 0.05) is 0 Å². The molecular weight excluding hydrogens is 428 g/mol. The summed E-state index contributed by atoms with van der Waals surface area (Å²) in [4.78, 5) is 26.1. The fourth-order valence-corrected chi connectivity index (χ4v) is 4.92. The number of benzene rings is 2. The first-order valence-corrected chi connectivity index (χ1v) is 12.5. The van der Waals surface area contributed by atoms with Gasteiger partial charge in [-0.15, -0.1) is 0 Å². The Labute approximate surface area is 189 Å². The number of sulfonamides is 1. The van der Waals surface area contributed by atoms with Gasteiger partial charge in [-0.1, -0.05) is 55.3 Å². The van der Waals surface area contributed by atoms with Crippen LogP contribution in [0.4, 0.5) is 10.5 Å². The van der Waals surface area contributed by atoms with Crippen LogP contribution in [0, 0.1) is 0 Å². The Hall–Kier alpha value is -2.87. The van der Waals surface area contributed by atoms with Crippen molar-refractivity contribution in [2.24, 2.45) is 0 Å². The molecule has 1 aliphatic rings. The largest absolute Gasteiger partial charge is 0.444 e. The Bertz CT molecular complexity index is 1070. The molecular formula is C24H30N2O5S. The third-order valence-electron chi connectivity index (χ3n) is 5.33. The first kappa shape index (κ1) is 23.8. The summed E-state index contributed by atoms with van der Waals surface area (Å²) in [6, 6.07) is 16.4. The molecule has 0 unspecified atom stereocenters.